The van der Waals surface area contributed by atoms with Gasteiger partial charge >= 0.3 is 6.03 Å². The molecule has 7 heteroatoms. The summed E-state index contributed by atoms with van der Waals surface area (Å²) >= 11 is 0. The van der Waals surface area contributed by atoms with Crippen LogP contribution in [0.3, 0.4) is 0 Å². The Bertz CT molecular complexity index is 717. The molecular weight excluding hydrogens is 332 g/mol. The Hall–Kier alpha value is -2.96. The number of hydrogen-bond acceptors (Lipinski definition) is 5. The van der Waals surface area contributed by atoms with Crippen LogP contribution in [0.15, 0.2) is 36.5 Å². The van der Waals surface area contributed by atoms with E-state index in [9.17, 15) is 4.79 Å². The molecule has 2 rings (SSSR count). The van der Waals surface area contributed by atoms with Crippen LogP contribution in [0.1, 0.15) is 19.4 Å². The van der Waals surface area contributed by atoms with Crippen molar-refractivity contribution in [3.05, 3.63) is 42.1 Å². The maximum atomic E-state index is 11.6. The number of pyridine rings is 1. The van der Waals surface area contributed by atoms with Crippen molar-refractivity contribution in [1.82, 2.24) is 10.3 Å². The van der Waals surface area contributed by atoms with E-state index in [1.54, 1.807) is 26.5 Å². The van der Waals surface area contributed by atoms with E-state index in [0.717, 1.165) is 35.7 Å². The lowest BCUT2D eigenvalue weighted by molar-refractivity contribution is 0.250. The molecule has 0 bridgehead atoms. The minimum Gasteiger partial charge on any atom is -0.493 e. The van der Waals surface area contributed by atoms with Gasteiger partial charge < -0.3 is 20.1 Å². The Labute approximate surface area is 154 Å². The zero-order chi connectivity index (χ0) is 18.9. The molecule has 0 spiro atoms. The number of nitrogens with one attached hydrogen (secondary N) is 3. The van der Waals surface area contributed by atoms with Crippen LogP contribution >= 0.6 is 0 Å². The van der Waals surface area contributed by atoms with E-state index >= 15 is 0 Å². The van der Waals surface area contributed by atoms with Gasteiger partial charge in [0.1, 0.15) is 5.82 Å². The van der Waals surface area contributed by atoms with Gasteiger partial charge in [0.05, 0.1) is 26.1 Å². The minimum absolute atomic E-state index is 0.0764. The summed E-state index contributed by atoms with van der Waals surface area (Å²) < 4.78 is 10.6. The van der Waals surface area contributed by atoms with Gasteiger partial charge in [-0.25, -0.2) is 9.78 Å². The minimum atomic E-state index is -0.262. The van der Waals surface area contributed by atoms with Gasteiger partial charge in [-0.15, -0.1) is 0 Å². The normalized spacial score (nSPS) is 10.3. The molecule has 0 fully saturated rings. The number of rotatable bonds is 8. The molecule has 0 unspecified atom stereocenters. The van der Waals surface area contributed by atoms with Crippen molar-refractivity contribution in [2.45, 2.75) is 26.3 Å². The highest BCUT2D eigenvalue weighted by molar-refractivity contribution is 5.88. The summed E-state index contributed by atoms with van der Waals surface area (Å²) in [7, 11) is 3.25. The zero-order valence-corrected chi connectivity index (χ0v) is 15.6. The number of ether oxygens (including phenoxy) is 2. The van der Waals surface area contributed by atoms with Gasteiger partial charge in [-0.1, -0.05) is 6.07 Å². The highest BCUT2D eigenvalue weighted by atomic mass is 16.5. The molecule has 0 atom stereocenters. The predicted molar refractivity (Wildman–Crippen MR) is 103 cm³/mol. The van der Waals surface area contributed by atoms with E-state index in [-0.39, 0.29) is 12.1 Å². The average molecular weight is 358 g/mol. The fraction of sp³-hybridized carbons (Fsp3) is 0.368. The smallest absolute Gasteiger partial charge is 0.320 e. The molecule has 0 saturated carbocycles. The highest BCUT2D eigenvalue weighted by Gasteiger charge is 2.06. The molecule has 1 aromatic heterocycles. The summed E-state index contributed by atoms with van der Waals surface area (Å²) in [6.07, 6.45) is 2.52. The number of nitrogens with zero attached hydrogens (tertiary/aromatic N) is 1. The first-order valence-corrected chi connectivity index (χ1v) is 8.50. The Kier molecular flexibility index (Phi) is 7.08. The second kappa shape index (κ2) is 9.50. The van der Waals surface area contributed by atoms with Gasteiger partial charge in [-0.05, 0) is 50.1 Å². The molecule has 0 aliphatic carbocycles. The monoisotopic (exact) mass is 358 g/mol. The second-order valence-electron chi connectivity index (χ2n) is 6.05. The summed E-state index contributed by atoms with van der Waals surface area (Å²) in [4.78, 5) is 15.9. The summed E-state index contributed by atoms with van der Waals surface area (Å²) in [6, 6.07) is 9.35. The van der Waals surface area contributed by atoms with E-state index in [1.807, 2.05) is 38.1 Å². The predicted octanol–water partition coefficient (Wildman–Crippen LogP) is 3.28. The van der Waals surface area contributed by atoms with Gasteiger partial charge in [0, 0.05) is 12.6 Å². The van der Waals surface area contributed by atoms with Crippen LogP contribution in [-0.4, -0.2) is 37.8 Å². The van der Waals surface area contributed by atoms with Crippen LogP contribution < -0.4 is 25.4 Å². The number of carbonyl (C=O) groups is 1. The first kappa shape index (κ1) is 19.4. The summed E-state index contributed by atoms with van der Waals surface area (Å²) in [5, 5.41) is 8.75. The Balaban J connectivity index is 1.83. The van der Waals surface area contributed by atoms with E-state index in [2.05, 4.69) is 20.9 Å². The van der Waals surface area contributed by atoms with Crippen LogP contribution in [-0.2, 0) is 6.42 Å². The number of urea groups is 1. The fourth-order valence-electron chi connectivity index (χ4n) is 2.37. The topological polar surface area (TPSA) is 84.5 Å². The number of hydrogen-bond donors (Lipinski definition) is 3. The molecule has 26 heavy (non-hydrogen) atoms. The lowest BCUT2D eigenvalue weighted by atomic mass is 10.1. The van der Waals surface area contributed by atoms with Gasteiger partial charge in [-0.2, -0.15) is 0 Å². The lowest BCUT2D eigenvalue weighted by Gasteiger charge is -2.11. The van der Waals surface area contributed by atoms with Crippen LogP contribution in [0.25, 0.3) is 0 Å². The van der Waals surface area contributed by atoms with Gasteiger partial charge in [-0.3, -0.25) is 5.32 Å². The van der Waals surface area contributed by atoms with Crippen molar-refractivity contribution in [2.24, 2.45) is 0 Å². The third-order valence-electron chi connectivity index (χ3n) is 3.62. The SMILES string of the molecule is COc1ccc(CCNc2ccc(NC(=O)NC(C)C)nc2)cc1OC. The maximum absolute atomic E-state index is 11.6. The molecule has 0 aliphatic heterocycles. The molecule has 7 nitrogen and oxygen atoms in total. The Morgan fingerprint density at radius 1 is 1.12 bits per heavy atom. The van der Waals surface area contributed by atoms with E-state index in [1.165, 1.54) is 0 Å². The molecule has 0 saturated heterocycles. The number of methoxy groups -OCH3 is 2. The van der Waals surface area contributed by atoms with Crippen molar-refractivity contribution >= 4 is 17.5 Å². The van der Waals surface area contributed by atoms with Crippen molar-refractivity contribution in [1.29, 1.82) is 0 Å². The molecule has 1 heterocycles. The molecule has 1 aromatic carbocycles. The second-order valence-corrected chi connectivity index (χ2v) is 6.05. The van der Waals surface area contributed by atoms with E-state index < -0.39 is 0 Å². The molecule has 140 valence electrons. The number of benzene rings is 1. The average Bonchev–Trinajstić information content (AvgIpc) is 2.62. The Morgan fingerprint density at radius 3 is 2.50 bits per heavy atom. The zero-order valence-electron chi connectivity index (χ0n) is 15.6. The summed E-state index contributed by atoms with van der Waals surface area (Å²) in [6.45, 7) is 4.55. The quantitative estimate of drug-likeness (QED) is 0.674. The largest absolute Gasteiger partial charge is 0.493 e. The Morgan fingerprint density at radius 2 is 1.88 bits per heavy atom. The number of aromatic nitrogens is 1. The lowest BCUT2D eigenvalue weighted by Crippen LogP contribution is -2.34. The molecular formula is C19H26N4O3. The third-order valence-corrected chi connectivity index (χ3v) is 3.62. The van der Waals surface area contributed by atoms with E-state index in [0.29, 0.717) is 5.82 Å². The van der Waals surface area contributed by atoms with Crippen molar-refractivity contribution < 1.29 is 14.3 Å². The van der Waals surface area contributed by atoms with Crippen LogP contribution in [0.2, 0.25) is 0 Å². The van der Waals surface area contributed by atoms with Crippen LogP contribution in [0, 0.1) is 0 Å². The van der Waals surface area contributed by atoms with E-state index in [4.69, 9.17) is 9.47 Å². The fourth-order valence-corrected chi connectivity index (χ4v) is 2.37. The molecule has 3 N–H and O–H groups in total. The summed E-state index contributed by atoms with van der Waals surface area (Å²) in [5.74, 6) is 1.95. The molecule has 2 aromatic rings. The summed E-state index contributed by atoms with van der Waals surface area (Å²) in [5.41, 5.74) is 2.03. The van der Waals surface area contributed by atoms with Gasteiger partial charge in [0.25, 0.3) is 0 Å². The van der Waals surface area contributed by atoms with Crippen molar-refractivity contribution in [3.63, 3.8) is 0 Å². The number of amides is 2. The van der Waals surface area contributed by atoms with Crippen molar-refractivity contribution in [3.8, 4) is 11.5 Å². The molecule has 0 radical (unpaired) electrons. The highest BCUT2D eigenvalue weighted by Crippen LogP contribution is 2.27. The van der Waals surface area contributed by atoms with Gasteiger partial charge in [0.15, 0.2) is 11.5 Å². The standard InChI is InChI=1S/C19H26N4O3/c1-13(2)22-19(24)23-18-8-6-15(12-21-18)20-10-9-14-5-7-16(25-3)17(11-14)26-4/h5-8,11-13,20H,9-10H2,1-4H3,(H2,21,22,23,24). The molecule has 2 amide bonds. The number of carbonyl (C=O) groups excluding carboxylic acids is 1. The van der Waals surface area contributed by atoms with Gasteiger partial charge in [0.2, 0.25) is 0 Å². The maximum Gasteiger partial charge on any atom is 0.320 e. The van der Waals surface area contributed by atoms with Crippen molar-refractivity contribution in [2.75, 3.05) is 31.4 Å². The number of anilines is 2. The van der Waals surface area contributed by atoms with Crippen LogP contribution in [0.4, 0.5) is 16.3 Å². The molecule has 0 aliphatic rings. The third kappa shape index (κ3) is 5.84. The van der Waals surface area contributed by atoms with Crippen LogP contribution in [0.5, 0.6) is 11.5 Å². The first-order chi connectivity index (χ1) is 12.5. The first-order valence-electron chi connectivity index (χ1n) is 8.50.